The van der Waals surface area contributed by atoms with Gasteiger partial charge in [0.05, 0.1) is 7.11 Å². The Morgan fingerprint density at radius 3 is 1.97 bits per heavy atom. The third kappa shape index (κ3) is 5.99. The number of carbonyl (C=O) groups is 2. The first-order valence-electron chi connectivity index (χ1n) is 8.77. The molecule has 7 heteroatoms. The molecular formula is C22H19ClN2O4. The number of halogens is 1. The lowest BCUT2D eigenvalue weighted by Crippen LogP contribution is -2.20. The van der Waals surface area contributed by atoms with Crippen molar-refractivity contribution >= 4 is 34.8 Å². The van der Waals surface area contributed by atoms with Gasteiger partial charge in [-0.2, -0.15) is 0 Å². The molecule has 0 unspecified atom stereocenters. The van der Waals surface area contributed by atoms with Crippen LogP contribution in [0.5, 0.6) is 11.5 Å². The van der Waals surface area contributed by atoms with Gasteiger partial charge >= 0.3 is 0 Å². The molecule has 2 amide bonds. The summed E-state index contributed by atoms with van der Waals surface area (Å²) in [4.78, 5) is 24.3. The van der Waals surface area contributed by atoms with Gasteiger partial charge in [-0.25, -0.2) is 0 Å². The van der Waals surface area contributed by atoms with Crippen molar-refractivity contribution in [3.63, 3.8) is 0 Å². The monoisotopic (exact) mass is 410 g/mol. The molecule has 3 aromatic carbocycles. The van der Waals surface area contributed by atoms with Crippen molar-refractivity contribution in [1.29, 1.82) is 0 Å². The van der Waals surface area contributed by atoms with Gasteiger partial charge in [0.2, 0.25) is 0 Å². The Labute approximate surface area is 173 Å². The minimum absolute atomic E-state index is 0.138. The molecule has 6 nitrogen and oxygen atoms in total. The molecule has 0 aliphatic rings. The standard InChI is InChI=1S/C22H19ClN2O4/c1-28-19-12-8-18(9-13-19)25-22(27)15-2-6-17(7-3-15)24-21(26)14-29-20-10-4-16(23)5-11-20/h2-13H,14H2,1H3,(H,24,26)(H,25,27). The lowest BCUT2D eigenvalue weighted by molar-refractivity contribution is -0.118. The van der Waals surface area contributed by atoms with Gasteiger partial charge in [0.1, 0.15) is 11.5 Å². The second-order valence-electron chi connectivity index (χ2n) is 6.05. The van der Waals surface area contributed by atoms with Crippen molar-refractivity contribution in [3.05, 3.63) is 83.4 Å². The molecule has 0 aliphatic heterocycles. The van der Waals surface area contributed by atoms with Crippen LogP contribution in [0.25, 0.3) is 0 Å². The smallest absolute Gasteiger partial charge is 0.262 e. The third-order valence-corrected chi connectivity index (χ3v) is 4.21. The van der Waals surface area contributed by atoms with Crippen LogP contribution < -0.4 is 20.1 Å². The van der Waals surface area contributed by atoms with Crippen LogP contribution >= 0.6 is 11.6 Å². The van der Waals surface area contributed by atoms with E-state index in [0.29, 0.717) is 33.5 Å². The van der Waals surface area contributed by atoms with E-state index >= 15 is 0 Å². The van der Waals surface area contributed by atoms with Gasteiger partial charge in [0, 0.05) is 22.0 Å². The average molecular weight is 411 g/mol. The van der Waals surface area contributed by atoms with Crippen LogP contribution in [0.2, 0.25) is 5.02 Å². The summed E-state index contributed by atoms with van der Waals surface area (Å²) < 4.78 is 10.5. The molecule has 3 rings (SSSR count). The van der Waals surface area contributed by atoms with E-state index in [1.54, 1.807) is 79.9 Å². The van der Waals surface area contributed by atoms with Crippen LogP contribution in [0.15, 0.2) is 72.8 Å². The van der Waals surface area contributed by atoms with Crippen molar-refractivity contribution < 1.29 is 19.1 Å². The lowest BCUT2D eigenvalue weighted by atomic mass is 10.2. The maximum absolute atomic E-state index is 12.3. The van der Waals surface area contributed by atoms with Gasteiger partial charge in [-0.05, 0) is 72.8 Å². The summed E-state index contributed by atoms with van der Waals surface area (Å²) in [5.74, 6) is 0.702. The summed E-state index contributed by atoms with van der Waals surface area (Å²) in [7, 11) is 1.58. The molecule has 0 spiro atoms. The number of carbonyl (C=O) groups excluding carboxylic acids is 2. The molecule has 0 aliphatic carbocycles. The summed E-state index contributed by atoms with van der Waals surface area (Å²) in [6, 6.07) is 20.4. The van der Waals surface area contributed by atoms with E-state index in [1.165, 1.54) is 0 Å². The molecule has 0 fully saturated rings. The Hall–Kier alpha value is -3.51. The summed E-state index contributed by atoms with van der Waals surface area (Å²) in [5.41, 5.74) is 1.69. The van der Waals surface area contributed by atoms with E-state index in [1.807, 2.05) is 0 Å². The number of nitrogens with one attached hydrogen (secondary N) is 2. The molecule has 148 valence electrons. The van der Waals surface area contributed by atoms with Crippen LogP contribution in [0.4, 0.5) is 11.4 Å². The second-order valence-corrected chi connectivity index (χ2v) is 6.49. The summed E-state index contributed by atoms with van der Waals surface area (Å²) >= 11 is 5.81. The summed E-state index contributed by atoms with van der Waals surface area (Å²) in [5, 5.41) is 6.11. The molecule has 0 atom stereocenters. The maximum Gasteiger partial charge on any atom is 0.262 e. The Balaban J connectivity index is 1.51. The molecule has 0 radical (unpaired) electrons. The highest BCUT2D eigenvalue weighted by atomic mass is 35.5. The minimum atomic E-state index is -0.310. The van der Waals surface area contributed by atoms with E-state index < -0.39 is 0 Å². The van der Waals surface area contributed by atoms with Crippen LogP contribution in [-0.2, 0) is 4.79 Å². The summed E-state index contributed by atoms with van der Waals surface area (Å²) in [6.07, 6.45) is 0. The Bertz CT molecular complexity index is 971. The average Bonchev–Trinajstić information content (AvgIpc) is 2.74. The van der Waals surface area contributed by atoms with Gasteiger partial charge in [-0.1, -0.05) is 11.6 Å². The normalized spacial score (nSPS) is 10.1. The van der Waals surface area contributed by atoms with E-state index in [2.05, 4.69) is 10.6 Å². The maximum atomic E-state index is 12.3. The molecule has 0 aromatic heterocycles. The van der Waals surface area contributed by atoms with Crippen molar-refractivity contribution in [2.45, 2.75) is 0 Å². The predicted octanol–water partition coefficient (Wildman–Crippen LogP) is 4.62. The highest BCUT2D eigenvalue weighted by molar-refractivity contribution is 6.30. The zero-order valence-electron chi connectivity index (χ0n) is 15.6. The molecule has 0 saturated carbocycles. The molecule has 2 N–H and O–H groups in total. The third-order valence-electron chi connectivity index (χ3n) is 3.96. The first-order chi connectivity index (χ1) is 14.0. The van der Waals surface area contributed by atoms with E-state index in [4.69, 9.17) is 21.1 Å². The first-order valence-corrected chi connectivity index (χ1v) is 9.15. The van der Waals surface area contributed by atoms with Crippen molar-refractivity contribution in [3.8, 4) is 11.5 Å². The highest BCUT2D eigenvalue weighted by Gasteiger charge is 2.08. The number of ether oxygens (including phenoxy) is 2. The topological polar surface area (TPSA) is 76.7 Å². The largest absolute Gasteiger partial charge is 0.497 e. The van der Waals surface area contributed by atoms with Crippen LogP contribution in [0.3, 0.4) is 0 Å². The fourth-order valence-corrected chi connectivity index (χ4v) is 2.59. The van der Waals surface area contributed by atoms with Crippen LogP contribution in [0.1, 0.15) is 10.4 Å². The fraction of sp³-hybridized carbons (Fsp3) is 0.0909. The quantitative estimate of drug-likeness (QED) is 0.596. The molecule has 3 aromatic rings. The molecule has 0 bridgehead atoms. The Morgan fingerprint density at radius 1 is 0.793 bits per heavy atom. The number of anilines is 2. The fourth-order valence-electron chi connectivity index (χ4n) is 2.46. The molecular weight excluding hydrogens is 392 g/mol. The molecule has 0 heterocycles. The van der Waals surface area contributed by atoms with Gasteiger partial charge < -0.3 is 20.1 Å². The Morgan fingerprint density at radius 2 is 1.34 bits per heavy atom. The highest BCUT2D eigenvalue weighted by Crippen LogP contribution is 2.17. The number of hydrogen-bond donors (Lipinski definition) is 2. The second kappa shape index (κ2) is 9.61. The van der Waals surface area contributed by atoms with E-state index in [-0.39, 0.29) is 18.4 Å². The lowest BCUT2D eigenvalue weighted by Gasteiger charge is -2.09. The van der Waals surface area contributed by atoms with Crippen LogP contribution in [-0.4, -0.2) is 25.5 Å². The van der Waals surface area contributed by atoms with Gasteiger partial charge in [-0.15, -0.1) is 0 Å². The van der Waals surface area contributed by atoms with E-state index in [9.17, 15) is 9.59 Å². The van der Waals surface area contributed by atoms with Crippen molar-refractivity contribution in [2.24, 2.45) is 0 Å². The van der Waals surface area contributed by atoms with Gasteiger partial charge in [0.25, 0.3) is 11.8 Å². The van der Waals surface area contributed by atoms with Crippen molar-refractivity contribution in [2.75, 3.05) is 24.4 Å². The summed E-state index contributed by atoms with van der Waals surface area (Å²) in [6.45, 7) is -0.138. The SMILES string of the molecule is COc1ccc(NC(=O)c2ccc(NC(=O)COc3ccc(Cl)cc3)cc2)cc1. The van der Waals surface area contributed by atoms with Gasteiger partial charge in [0.15, 0.2) is 6.61 Å². The van der Waals surface area contributed by atoms with Crippen LogP contribution in [0, 0.1) is 0 Å². The zero-order valence-corrected chi connectivity index (χ0v) is 16.4. The van der Waals surface area contributed by atoms with Crippen molar-refractivity contribution in [1.82, 2.24) is 0 Å². The number of methoxy groups -OCH3 is 1. The number of amides is 2. The minimum Gasteiger partial charge on any atom is -0.497 e. The first kappa shape index (κ1) is 20.2. The number of rotatable bonds is 7. The Kier molecular flexibility index (Phi) is 6.71. The van der Waals surface area contributed by atoms with E-state index in [0.717, 1.165) is 0 Å². The zero-order chi connectivity index (χ0) is 20.6. The predicted molar refractivity (Wildman–Crippen MR) is 113 cm³/mol. The number of hydrogen-bond acceptors (Lipinski definition) is 4. The molecule has 0 saturated heterocycles. The number of benzene rings is 3. The molecule has 29 heavy (non-hydrogen) atoms. The van der Waals surface area contributed by atoms with Gasteiger partial charge in [-0.3, -0.25) is 9.59 Å².